The van der Waals surface area contributed by atoms with Crippen LogP contribution in [0.4, 0.5) is 4.79 Å². The van der Waals surface area contributed by atoms with Crippen molar-refractivity contribution >= 4 is 39.7 Å². The van der Waals surface area contributed by atoms with E-state index in [-0.39, 0.29) is 36.3 Å². The fourth-order valence-corrected chi connectivity index (χ4v) is 6.46. The van der Waals surface area contributed by atoms with Gasteiger partial charge in [0.2, 0.25) is 11.8 Å². The molecule has 1 aromatic rings. The molecule has 3 aliphatic heterocycles. The lowest BCUT2D eigenvalue weighted by molar-refractivity contribution is -0.136. The van der Waals surface area contributed by atoms with E-state index in [0.29, 0.717) is 24.3 Å². The van der Waals surface area contributed by atoms with Crippen molar-refractivity contribution in [3.8, 4) is 5.75 Å². The maximum absolute atomic E-state index is 13.1. The van der Waals surface area contributed by atoms with E-state index in [2.05, 4.69) is 27.3 Å². The van der Waals surface area contributed by atoms with Gasteiger partial charge in [-0.25, -0.2) is 4.79 Å². The minimum absolute atomic E-state index is 0.214. The Bertz CT molecular complexity index is 1230. The van der Waals surface area contributed by atoms with Crippen LogP contribution in [0.15, 0.2) is 28.3 Å². The van der Waals surface area contributed by atoms with E-state index >= 15 is 0 Å². The number of nitrogens with one attached hydrogen (secondary N) is 1. The lowest BCUT2D eigenvalue weighted by atomic mass is 9.69. The van der Waals surface area contributed by atoms with Gasteiger partial charge in [-0.15, -0.1) is 0 Å². The minimum atomic E-state index is -0.659. The topological polar surface area (TPSA) is 105 Å². The highest BCUT2D eigenvalue weighted by Crippen LogP contribution is 2.45. The number of rotatable bonds is 4. The number of allylic oxidation sites excluding steroid dienone is 1. The van der Waals surface area contributed by atoms with Crippen molar-refractivity contribution in [2.45, 2.75) is 83.9 Å². The molecule has 1 aliphatic carbocycles. The van der Waals surface area contributed by atoms with Crippen LogP contribution < -0.4 is 10.1 Å². The lowest BCUT2D eigenvalue weighted by Gasteiger charge is -2.43. The van der Waals surface area contributed by atoms with E-state index in [4.69, 9.17) is 9.47 Å². The van der Waals surface area contributed by atoms with Crippen molar-refractivity contribution in [2.75, 3.05) is 19.7 Å². The average molecular weight is 603 g/mol. The van der Waals surface area contributed by atoms with Crippen LogP contribution in [0.5, 0.6) is 5.75 Å². The summed E-state index contributed by atoms with van der Waals surface area (Å²) in [4.78, 5) is 52.9. The number of carbonyl (C=O) groups excluding carboxylic acids is 4. The summed E-state index contributed by atoms with van der Waals surface area (Å²) in [7, 11) is 0. The van der Waals surface area contributed by atoms with Gasteiger partial charge in [0, 0.05) is 30.6 Å². The molecule has 210 valence electrons. The molecule has 10 heteroatoms. The molecular weight excluding hydrogens is 566 g/mol. The van der Waals surface area contributed by atoms with Gasteiger partial charge in [0.1, 0.15) is 24.0 Å². The number of amides is 4. The van der Waals surface area contributed by atoms with Crippen LogP contribution in [0.3, 0.4) is 0 Å². The average Bonchev–Trinajstić information content (AvgIpc) is 3.20. The zero-order chi connectivity index (χ0) is 27.9. The number of piperidine rings is 2. The van der Waals surface area contributed by atoms with Gasteiger partial charge >= 0.3 is 6.09 Å². The van der Waals surface area contributed by atoms with Gasteiger partial charge < -0.3 is 19.3 Å². The smallest absolute Gasteiger partial charge is 0.410 e. The third-order valence-electron chi connectivity index (χ3n) is 8.30. The van der Waals surface area contributed by atoms with E-state index in [1.54, 1.807) is 11.0 Å². The Balaban J connectivity index is 1.19. The van der Waals surface area contributed by atoms with Crippen LogP contribution in [-0.4, -0.2) is 65.0 Å². The molecule has 9 nitrogen and oxygen atoms in total. The quantitative estimate of drug-likeness (QED) is 0.395. The van der Waals surface area contributed by atoms with E-state index < -0.39 is 17.6 Å². The van der Waals surface area contributed by atoms with Gasteiger partial charge in [-0.2, -0.15) is 0 Å². The van der Waals surface area contributed by atoms with Gasteiger partial charge in [-0.1, -0.05) is 6.08 Å². The van der Waals surface area contributed by atoms with Crippen LogP contribution in [0, 0.1) is 5.41 Å². The monoisotopic (exact) mass is 601 g/mol. The van der Waals surface area contributed by atoms with Crippen LogP contribution in [0.1, 0.15) is 81.6 Å². The molecule has 4 aliphatic rings. The molecule has 1 unspecified atom stereocenters. The standard InChI is InChI=1S/C29H36BrN3O6/c1-28(2,3)39-27(37)32-14-12-29(13-15-32)10-8-18(9-11-29)17-38-24-20-16-33(22-6-7-23(34)31-25(22)35)26(36)19(20)4-5-21(24)30/h4-5,8,22H,6-7,9-17H2,1-3H3,(H,31,34,35). The zero-order valence-electron chi connectivity index (χ0n) is 22.8. The minimum Gasteiger partial charge on any atom is -0.488 e. The predicted octanol–water partition coefficient (Wildman–Crippen LogP) is 4.72. The Labute approximate surface area is 237 Å². The number of nitrogens with zero attached hydrogens (tertiary/aromatic N) is 2. The largest absolute Gasteiger partial charge is 0.488 e. The highest BCUT2D eigenvalue weighted by molar-refractivity contribution is 9.10. The molecule has 1 N–H and O–H groups in total. The highest BCUT2D eigenvalue weighted by atomic mass is 79.9. The van der Waals surface area contributed by atoms with Crippen molar-refractivity contribution < 1.29 is 28.7 Å². The number of halogens is 1. The summed E-state index contributed by atoms with van der Waals surface area (Å²) >= 11 is 3.58. The Hall–Kier alpha value is -2.88. The molecule has 3 heterocycles. The van der Waals surface area contributed by atoms with E-state index in [9.17, 15) is 19.2 Å². The Morgan fingerprint density at radius 2 is 1.87 bits per heavy atom. The van der Waals surface area contributed by atoms with E-state index in [0.717, 1.165) is 55.2 Å². The van der Waals surface area contributed by atoms with Gasteiger partial charge in [0.15, 0.2) is 0 Å². The molecule has 0 radical (unpaired) electrons. The molecule has 0 bridgehead atoms. The summed E-state index contributed by atoms with van der Waals surface area (Å²) in [5, 5.41) is 2.34. The number of fused-ring (bicyclic) bond motifs is 1. The number of likely N-dealkylation sites (tertiary alicyclic amines) is 1. The summed E-state index contributed by atoms with van der Waals surface area (Å²) in [5.74, 6) is -0.314. The Morgan fingerprint density at radius 3 is 2.51 bits per heavy atom. The van der Waals surface area contributed by atoms with Crippen molar-refractivity contribution in [1.82, 2.24) is 15.1 Å². The normalized spacial score (nSPS) is 22.9. The number of hydrogen-bond acceptors (Lipinski definition) is 6. The molecule has 1 spiro atoms. The van der Waals surface area contributed by atoms with Crippen LogP contribution in [0.2, 0.25) is 0 Å². The Morgan fingerprint density at radius 1 is 1.13 bits per heavy atom. The second kappa shape index (κ2) is 10.6. The third kappa shape index (κ3) is 5.85. The predicted molar refractivity (Wildman–Crippen MR) is 147 cm³/mol. The number of ether oxygens (including phenoxy) is 2. The maximum Gasteiger partial charge on any atom is 0.410 e. The molecule has 1 aromatic carbocycles. The fourth-order valence-electron chi connectivity index (χ4n) is 5.97. The lowest BCUT2D eigenvalue weighted by Crippen LogP contribution is -2.52. The number of hydrogen-bond donors (Lipinski definition) is 1. The van der Waals surface area contributed by atoms with Crippen LogP contribution >= 0.6 is 15.9 Å². The molecule has 0 aromatic heterocycles. The SMILES string of the molecule is CC(C)(C)OC(=O)N1CCC2(CC=C(COc3c(Br)ccc4c3CN(C3CCC(=O)NC3=O)C4=O)CC2)CC1. The molecule has 2 saturated heterocycles. The van der Waals surface area contributed by atoms with Crippen molar-refractivity contribution in [1.29, 1.82) is 0 Å². The molecule has 2 fully saturated rings. The first-order valence-corrected chi connectivity index (χ1v) is 14.5. The first kappa shape index (κ1) is 27.7. The molecule has 5 rings (SSSR count). The fraction of sp³-hybridized carbons (Fsp3) is 0.586. The molecular formula is C29H36BrN3O6. The maximum atomic E-state index is 13.1. The Kier molecular flexibility index (Phi) is 7.52. The van der Waals surface area contributed by atoms with Crippen molar-refractivity contribution in [3.05, 3.63) is 39.4 Å². The van der Waals surface area contributed by atoms with Gasteiger partial charge in [-0.05, 0) is 98.3 Å². The van der Waals surface area contributed by atoms with Crippen molar-refractivity contribution in [2.24, 2.45) is 5.41 Å². The second-order valence-electron chi connectivity index (χ2n) is 12.1. The van der Waals surface area contributed by atoms with Gasteiger partial charge in [-0.3, -0.25) is 19.7 Å². The van der Waals surface area contributed by atoms with Gasteiger partial charge in [0.05, 0.1) is 11.0 Å². The molecule has 39 heavy (non-hydrogen) atoms. The number of benzene rings is 1. The number of imide groups is 1. The number of carbonyl (C=O) groups is 4. The van der Waals surface area contributed by atoms with Crippen molar-refractivity contribution in [3.63, 3.8) is 0 Å². The van der Waals surface area contributed by atoms with E-state index in [1.165, 1.54) is 5.57 Å². The van der Waals surface area contributed by atoms with Crippen LogP contribution in [0.25, 0.3) is 0 Å². The molecule has 0 saturated carbocycles. The summed E-state index contributed by atoms with van der Waals surface area (Å²) in [6.45, 7) is 7.80. The summed E-state index contributed by atoms with van der Waals surface area (Å²) < 4.78 is 12.6. The summed E-state index contributed by atoms with van der Waals surface area (Å²) in [5.41, 5.74) is 2.25. The van der Waals surface area contributed by atoms with Gasteiger partial charge in [0.25, 0.3) is 5.91 Å². The van der Waals surface area contributed by atoms with Crippen LogP contribution in [-0.2, 0) is 20.9 Å². The zero-order valence-corrected chi connectivity index (χ0v) is 24.4. The third-order valence-corrected chi connectivity index (χ3v) is 8.92. The highest BCUT2D eigenvalue weighted by Gasteiger charge is 2.41. The summed E-state index contributed by atoms with van der Waals surface area (Å²) in [6, 6.07) is 2.91. The van der Waals surface area contributed by atoms with E-state index in [1.807, 2.05) is 31.7 Å². The summed E-state index contributed by atoms with van der Waals surface area (Å²) in [6.07, 6.45) is 7.48. The first-order valence-electron chi connectivity index (χ1n) is 13.7. The molecule has 1 atom stereocenters. The first-order chi connectivity index (χ1) is 18.4. The molecule has 4 amide bonds. The second-order valence-corrected chi connectivity index (χ2v) is 13.0.